The second-order valence-electron chi connectivity index (χ2n) is 7.19. The summed E-state index contributed by atoms with van der Waals surface area (Å²) in [5, 5.41) is 9.47. The molecule has 1 spiro atoms. The molecule has 3 nitrogen and oxygen atoms in total. The van der Waals surface area contributed by atoms with E-state index >= 15 is 0 Å². The zero-order valence-electron chi connectivity index (χ0n) is 14.5. The number of ether oxygens (including phenoxy) is 1. The van der Waals surface area contributed by atoms with Gasteiger partial charge in [-0.15, -0.1) is 0 Å². The second-order valence-corrected chi connectivity index (χ2v) is 7.19. The van der Waals surface area contributed by atoms with Crippen molar-refractivity contribution in [2.75, 3.05) is 13.1 Å². The van der Waals surface area contributed by atoms with E-state index in [1.165, 1.54) is 16.7 Å². The predicted octanol–water partition coefficient (Wildman–Crippen LogP) is 4.03. The molecular formula is C22H24N2O. The average Bonchev–Trinajstić information content (AvgIpc) is 2.82. The summed E-state index contributed by atoms with van der Waals surface area (Å²) in [5.41, 5.74) is 3.74. The molecule has 0 aromatic heterocycles. The van der Waals surface area contributed by atoms with Crippen LogP contribution in [0.15, 0.2) is 54.6 Å². The van der Waals surface area contributed by atoms with E-state index in [0.717, 1.165) is 45.3 Å². The monoisotopic (exact) mass is 332 g/mol. The Morgan fingerprint density at radius 2 is 1.76 bits per heavy atom. The van der Waals surface area contributed by atoms with Gasteiger partial charge in [0.1, 0.15) is 6.10 Å². The average molecular weight is 332 g/mol. The molecule has 0 N–H and O–H groups in total. The van der Waals surface area contributed by atoms with Gasteiger partial charge in [-0.05, 0) is 42.4 Å². The maximum absolute atomic E-state index is 9.47. The van der Waals surface area contributed by atoms with Crippen LogP contribution in [-0.4, -0.2) is 24.1 Å². The summed E-state index contributed by atoms with van der Waals surface area (Å²) in [7, 11) is 0. The number of fused-ring (bicyclic) bond motifs is 2. The number of aryl methyl sites for hydroxylation is 1. The molecule has 1 fully saturated rings. The molecule has 1 saturated heterocycles. The smallest absolute Gasteiger partial charge is 0.145 e. The molecule has 2 aliphatic heterocycles. The van der Waals surface area contributed by atoms with Crippen LogP contribution in [0, 0.1) is 11.3 Å². The van der Waals surface area contributed by atoms with Gasteiger partial charge < -0.3 is 4.74 Å². The highest BCUT2D eigenvalue weighted by atomic mass is 16.5. The number of piperidine rings is 1. The molecule has 25 heavy (non-hydrogen) atoms. The quantitative estimate of drug-likeness (QED) is 0.833. The zero-order chi connectivity index (χ0) is 17.1. The molecular weight excluding hydrogens is 308 g/mol. The Balaban J connectivity index is 1.54. The van der Waals surface area contributed by atoms with E-state index in [-0.39, 0.29) is 11.7 Å². The number of likely N-dealkylation sites (tertiary alicyclic amines) is 1. The van der Waals surface area contributed by atoms with Crippen molar-refractivity contribution in [2.45, 2.75) is 43.9 Å². The van der Waals surface area contributed by atoms with Gasteiger partial charge in [-0.3, -0.25) is 4.90 Å². The first-order valence-electron chi connectivity index (χ1n) is 9.21. The summed E-state index contributed by atoms with van der Waals surface area (Å²) in [6.45, 7) is 2.99. The number of hydrogen-bond acceptors (Lipinski definition) is 3. The predicted molar refractivity (Wildman–Crippen MR) is 97.9 cm³/mol. The normalized spacial score (nSPS) is 22.8. The van der Waals surface area contributed by atoms with Crippen molar-refractivity contribution in [1.29, 1.82) is 5.26 Å². The zero-order valence-corrected chi connectivity index (χ0v) is 14.5. The maximum atomic E-state index is 9.47. The third kappa shape index (κ3) is 3.33. The Morgan fingerprint density at radius 1 is 1.04 bits per heavy atom. The summed E-state index contributed by atoms with van der Waals surface area (Å²) in [4.78, 5) is 2.50. The van der Waals surface area contributed by atoms with Crippen LogP contribution < -0.4 is 0 Å². The first-order chi connectivity index (χ1) is 12.3. The Labute approximate surface area is 149 Å². The highest BCUT2D eigenvalue weighted by Gasteiger charge is 2.42. The van der Waals surface area contributed by atoms with Crippen LogP contribution in [0.5, 0.6) is 0 Å². The van der Waals surface area contributed by atoms with Crippen LogP contribution in [0.1, 0.15) is 36.0 Å². The molecule has 128 valence electrons. The standard InChI is InChI=1S/C22H24N2O/c23-16-20-11-10-19-8-4-5-9-21(19)22(25-20)12-14-24(15-13-22)17-18-6-2-1-3-7-18/h1-9,20H,10-15,17H2. The van der Waals surface area contributed by atoms with Gasteiger partial charge in [0.15, 0.2) is 0 Å². The molecule has 1 atom stereocenters. The lowest BCUT2D eigenvalue weighted by molar-refractivity contribution is -0.111. The Morgan fingerprint density at radius 3 is 2.52 bits per heavy atom. The van der Waals surface area contributed by atoms with Crippen LogP contribution in [0.2, 0.25) is 0 Å². The molecule has 1 unspecified atom stereocenters. The van der Waals surface area contributed by atoms with Crippen molar-refractivity contribution in [3.8, 4) is 6.07 Å². The summed E-state index contributed by atoms with van der Waals surface area (Å²) in [5.74, 6) is 0. The van der Waals surface area contributed by atoms with Gasteiger partial charge in [0, 0.05) is 19.6 Å². The lowest BCUT2D eigenvalue weighted by Crippen LogP contribution is -2.45. The second kappa shape index (κ2) is 7.00. The Hall–Kier alpha value is -2.15. The first kappa shape index (κ1) is 16.3. The molecule has 2 aliphatic rings. The summed E-state index contributed by atoms with van der Waals surface area (Å²) in [6.07, 6.45) is 3.34. The van der Waals surface area contributed by atoms with Gasteiger partial charge in [-0.25, -0.2) is 0 Å². The molecule has 2 aromatic carbocycles. The number of benzene rings is 2. The van der Waals surface area contributed by atoms with Gasteiger partial charge in [0.05, 0.1) is 11.7 Å². The minimum atomic E-state index is -0.298. The molecule has 3 heteroatoms. The van der Waals surface area contributed by atoms with E-state index in [9.17, 15) is 5.26 Å². The van der Waals surface area contributed by atoms with Crippen LogP contribution >= 0.6 is 0 Å². The fourth-order valence-electron chi connectivity index (χ4n) is 4.26. The van der Waals surface area contributed by atoms with Crippen LogP contribution in [-0.2, 0) is 23.3 Å². The van der Waals surface area contributed by atoms with Crippen molar-refractivity contribution in [1.82, 2.24) is 4.90 Å². The molecule has 0 amide bonds. The van der Waals surface area contributed by atoms with Crippen LogP contribution in [0.3, 0.4) is 0 Å². The van der Waals surface area contributed by atoms with Crippen molar-refractivity contribution in [3.63, 3.8) is 0 Å². The van der Waals surface area contributed by atoms with Gasteiger partial charge in [0.25, 0.3) is 0 Å². The van der Waals surface area contributed by atoms with E-state index < -0.39 is 0 Å². The topological polar surface area (TPSA) is 36.3 Å². The summed E-state index contributed by atoms with van der Waals surface area (Å²) in [6, 6.07) is 21.6. The van der Waals surface area contributed by atoms with Crippen LogP contribution in [0.4, 0.5) is 0 Å². The number of hydrogen-bond donors (Lipinski definition) is 0. The number of nitriles is 1. The molecule has 0 aliphatic carbocycles. The minimum Gasteiger partial charge on any atom is -0.352 e. The lowest BCUT2D eigenvalue weighted by atomic mass is 9.81. The van der Waals surface area contributed by atoms with E-state index in [2.05, 4.69) is 65.6 Å². The molecule has 2 aromatic rings. The molecule has 0 radical (unpaired) electrons. The minimum absolute atomic E-state index is 0.291. The molecule has 0 bridgehead atoms. The van der Waals surface area contributed by atoms with E-state index in [1.807, 2.05) is 0 Å². The number of rotatable bonds is 2. The van der Waals surface area contributed by atoms with Crippen molar-refractivity contribution in [3.05, 3.63) is 71.3 Å². The highest BCUT2D eigenvalue weighted by Crippen LogP contribution is 2.42. The van der Waals surface area contributed by atoms with Gasteiger partial charge >= 0.3 is 0 Å². The van der Waals surface area contributed by atoms with Crippen LogP contribution in [0.25, 0.3) is 0 Å². The van der Waals surface area contributed by atoms with E-state index in [4.69, 9.17) is 4.74 Å². The fraction of sp³-hybridized carbons (Fsp3) is 0.409. The fourth-order valence-corrected chi connectivity index (χ4v) is 4.26. The Kier molecular flexibility index (Phi) is 4.57. The third-order valence-corrected chi connectivity index (χ3v) is 5.61. The van der Waals surface area contributed by atoms with E-state index in [0.29, 0.717) is 0 Å². The third-order valence-electron chi connectivity index (χ3n) is 5.61. The highest BCUT2D eigenvalue weighted by molar-refractivity contribution is 5.35. The Bertz CT molecular complexity index is 757. The molecule has 0 saturated carbocycles. The first-order valence-corrected chi connectivity index (χ1v) is 9.21. The van der Waals surface area contributed by atoms with Gasteiger partial charge in [-0.2, -0.15) is 5.26 Å². The molecule has 4 rings (SSSR count). The lowest BCUT2D eigenvalue weighted by Gasteiger charge is -2.42. The summed E-state index contributed by atoms with van der Waals surface area (Å²) < 4.78 is 6.43. The van der Waals surface area contributed by atoms with Crippen molar-refractivity contribution >= 4 is 0 Å². The summed E-state index contributed by atoms with van der Waals surface area (Å²) >= 11 is 0. The van der Waals surface area contributed by atoms with Gasteiger partial charge in [-0.1, -0.05) is 54.6 Å². The number of nitrogens with zero attached hydrogens (tertiary/aromatic N) is 2. The SMILES string of the molecule is N#CC1CCc2ccccc2C2(CCN(Cc3ccccc3)CC2)O1. The van der Waals surface area contributed by atoms with E-state index in [1.54, 1.807) is 0 Å². The maximum Gasteiger partial charge on any atom is 0.145 e. The van der Waals surface area contributed by atoms with Crippen molar-refractivity contribution in [2.24, 2.45) is 0 Å². The molecule has 2 heterocycles. The largest absolute Gasteiger partial charge is 0.352 e. The van der Waals surface area contributed by atoms with Crippen molar-refractivity contribution < 1.29 is 4.74 Å². The van der Waals surface area contributed by atoms with Gasteiger partial charge in [0.2, 0.25) is 0 Å².